The normalized spacial score (nSPS) is 15.0. The van der Waals surface area contributed by atoms with Crippen molar-refractivity contribution in [2.24, 2.45) is 0 Å². The largest absolute Gasteiger partial charge is 0.367 e. The number of nitrogens with one attached hydrogen (secondary N) is 1. The lowest BCUT2D eigenvalue weighted by Crippen LogP contribution is -2.23. The molecule has 1 N–H and O–H groups in total. The Morgan fingerprint density at radius 1 is 0.800 bits per heavy atom. The third-order valence-electron chi connectivity index (χ3n) is 4.69. The van der Waals surface area contributed by atoms with Crippen molar-refractivity contribution in [3.8, 4) is 22.6 Å². The van der Waals surface area contributed by atoms with Gasteiger partial charge in [-0.05, 0) is 25.0 Å². The number of pyridine rings is 1. The van der Waals surface area contributed by atoms with E-state index in [1.54, 1.807) is 12.4 Å². The van der Waals surface area contributed by atoms with Crippen molar-refractivity contribution in [1.82, 2.24) is 15.0 Å². The third kappa shape index (κ3) is 3.85. The van der Waals surface area contributed by atoms with Crippen molar-refractivity contribution in [3.63, 3.8) is 0 Å². The van der Waals surface area contributed by atoms with E-state index < -0.39 is 0 Å². The number of hydrogen-bond donors (Lipinski definition) is 1. The average Bonchev–Trinajstić information content (AvgIpc) is 2.70. The standard InChI is InChI=1S/C21H22N4/c1-3-7-17(8-4-1)21-24-19(16-11-13-22-14-12-16)15-20(25-21)23-18-9-5-2-6-10-18/h1,3-4,7-8,11-15,18H,2,5-6,9-10H2,(H,23,24,25). The van der Waals surface area contributed by atoms with Crippen LogP contribution in [0.5, 0.6) is 0 Å². The Labute approximate surface area is 148 Å². The van der Waals surface area contributed by atoms with Crippen LogP contribution in [0.25, 0.3) is 22.6 Å². The molecule has 25 heavy (non-hydrogen) atoms. The predicted molar refractivity (Wildman–Crippen MR) is 101 cm³/mol. The number of hydrogen-bond acceptors (Lipinski definition) is 4. The summed E-state index contributed by atoms with van der Waals surface area (Å²) in [4.78, 5) is 13.7. The van der Waals surface area contributed by atoms with E-state index in [9.17, 15) is 0 Å². The Hall–Kier alpha value is -2.75. The molecule has 0 spiro atoms. The molecule has 2 heterocycles. The number of aromatic nitrogens is 3. The van der Waals surface area contributed by atoms with Gasteiger partial charge in [0.25, 0.3) is 0 Å². The number of rotatable bonds is 4. The van der Waals surface area contributed by atoms with Crippen molar-refractivity contribution < 1.29 is 0 Å². The summed E-state index contributed by atoms with van der Waals surface area (Å²) >= 11 is 0. The monoisotopic (exact) mass is 330 g/mol. The van der Waals surface area contributed by atoms with Crippen LogP contribution in [-0.4, -0.2) is 21.0 Å². The van der Waals surface area contributed by atoms with Gasteiger partial charge in [-0.1, -0.05) is 49.6 Å². The summed E-state index contributed by atoms with van der Waals surface area (Å²) in [5, 5.41) is 3.63. The van der Waals surface area contributed by atoms with Crippen LogP contribution in [0.2, 0.25) is 0 Å². The highest BCUT2D eigenvalue weighted by molar-refractivity contribution is 5.67. The second kappa shape index (κ2) is 7.43. The van der Waals surface area contributed by atoms with Crippen LogP contribution in [-0.2, 0) is 0 Å². The predicted octanol–water partition coefficient (Wildman–Crippen LogP) is 4.95. The highest BCUT2D eigenvalue weighted by Gasteiger charge is 2.15. The topological polar surface area (TPSA) is 50.7 Å². The summed E-state index contributed by atoms with van der Waals surface area (Å²) in [6, 6.07) is 16.7. The molecule has 0 atom stereocenters. The second-order valence-corrected chi connectivity index (χ2v) is 6.54. The quantitative estimate of drug-likeness (QED) is 0.735. The van der Waals surface area contributed by atoms with Crippen LogP contribution < -0.4 is 5.32 Å². The molecule has 0 unspecified atom stereocenters. The summed E-state index contributed by atoms with van der Waals surface area (Å²) in [7, 11) is 0. The molecule has 1 saturated carbocycles. The summed E-state index contributed by atoms with van der Waals surface area (Å²) in [6.07, 6.45) is 9.97. The minimum Gasteiger partial charge on any atom is -0.367 e. The molecule has 126 valence electrons. The molecule has 4 heteroatoms. The fourth-order valence-electron chi connectivity index (χ4n) is 3.36. The van der Waals surface area contributed by atoms with E-state index in [0.717, 1.165) is 28.5 Å². The lowest BCUT2D eigenvalue weighted by molar-refractivity contribution is 0.462. The van der Waals surface area contributed by atoms with Crippen LogP contribution in [0.15, 0.2) is 60.9 Å². The number of anilines is 1. The van der Waals surface area contributed by atoms with Gasteiger partial charge in [0.1, 0.15) is 5.82 Å². The first kappa shape index (κ1) is 15.8. The zero-order chi connectivity index (χ0) is 16.9. The highest BCUT2D eigenvalue weighted by Crippen LogP contribution is 2.26. The maximum atomic E-state index is 4.79. The molecule has 1 aromatic carbocycles. The molecule has 0 amide bonds. The van der Waals surface area contributed by atoms with Gasteiger partial charge < -0.3 is 5.32 Å². The van der Waals surface area contributed by atoms with Crippen LogP contribution >= 0.6 is 0 Å². The van der Waals surface area contributed by atoms with Crippen LogP contribution in [0.4, 0.5) is 5.82 Å². The SMILES string of the molecule is c1ccc(-c2nc(NC3CCCCC3)cc(-c3ccncc3)n2)cc1. The van der Waals surface area contributed by atoms with Crippen molar-refractivity contribution in [1.29, 1.82) is 0 Å². The first-order valence-electron chi connectivity index (χ1n) is 9.00. The summed E-state index contributed by atoms with van der Waals surface area (Å²) in [5.74, 6) is 1.67. The van der Waals surface area contributed by atoms with E-state index in [1.165, 1.54) is 32.1 Å². The van der Waals surface area contributed by atoms with Gasteiger partial charge in [0.15, 0.2) is 5.82 Å². The van der Waals surface area contributed by atoms with Crippen LogP contribution in [0, 0.1) is 0 Å². The molecule has 0 bridgehead atoms. The summed E-state index contributed by atoms with van der Waals surface area (Å²) in [5.41, 5.74) is 3.01. The Morgan fingerprint density at radius 3 is 2.32 bits per heavy atom. The van der Waals surface area contributed by atoms with Crippen LogP contribution in [0.1, 0.15) is 32.1 Å². The molecule has 3 aromatic rings. The molecule has 4 nitrogen and oxygen atoms in total. The zero-order valence-electron chi connectivity index (χ0n) is 14.2. The van der Waals surface area contributed by atoms with Gasteiger partial charge >= 0.3 is 0 Å². The van der Waals surface area contributed by atoms with Crippen molar-refractivity contribution in [2.45, 2.75) is 38.1 Å². The molecule has 2 aromatic heterocycles. The van der Waals surface area contributed by atoms with E-state index in [2.05, 4.69) is 28.5 Å². The van der Waals surface area contributed by atoms with Crippen molar-refractivity contribution >= 4 is 5.82 Å². The minimum absolute atomic E-state index is 0.512. The van der Waals surface area contributed by atoms with Gasteiger partial charge in [-0.15, -0.1) is 0 Å². The Morgan fingerprint density at radius 2 is 1.56 bits per heavy atom. The molecular formula is C21H22N4. The fraction of sp³-hybridized carbons (Fsp3) is 0.286. The van der Waals surface area contributed by atoms with E-state index in [4.69, 9.17) is 9.97 Å². The summed E-state index contributed by atoms with van der Waals surface area (Å²) in [6.45, 7) is 0. The molecular weight excluding hydrogens is 308 g/mol. The van der Waals surface area contributed by atoms with Gasteiger partial charge in [-0.2, -0.15) is 0 Å². The van der Waals surface area contributed by atoms with E-state index >= 15 is 0 Å². The first-order valence-corrected chi connectivity index (χ1v) is 9.00. The Kier molecular flexibility index (Phi) is 4.68. The molecule has 0 aliphatic heterocycles. The van der Waals surface area contributed by atoms with Crippen molar-refractivity contribution in [3.05, 3.63) is 60.9 Å². The van der Waals surface area contributed by atoms with E-state index in [0.29, 0.717) is 6.04 Å². The third-order valence-corrected chi connectivity index (χ3v) is 4.69. The number of benzene rings is 1. The summed E-state index contributed by atoms with van der Waals surface area (Å²) < 4.78 is 0. The highest BCUT2D eigenvalue weighted by atomic mass is 15.1. The smallest absolute Gasteiger partial charge is 0.162 e. The maximum Gasteiger partial charge on any atom is 0.162 e. The number of nitrogens with zero attached hydrogens (tertiary/aromatic N) is 3. The fourth-order valence-corrected chi connectivity index (χ4v) is 3.36. The minimum atomic E-state index is 0.512. The molecule has 1 aliphatic carbocycles. The van der Waals surface area contributed by atoms with E-state index in [-0.39, 0.29) is 0 Å². The Bertz CT molecular complexity index is 754. The van der Waals surface area contributed by atoms with Gasteiger partial charge in [-0.25, -0.2) is 9.97 Å². The molecule has 0 saturated heterocycles. The van der Waals surface area contributed by atoms with E-state index in [1.807, 2.05) is 30.3 Å². The zero-order valence-corrected chi connectivity index (χ0v) is 14.2. The molecule has 4 rings (SSSR count). The maximum absolute atomic E-state index is 4.79. The van der Waals surface area contributed by atoms with Gasteiger partial charge in [0.05, 0.1) is 5.69 Å². The van der Waals surface area contributed by atoms with Gasteiger partial charge in [0.2, 0.25) is 0 Å². The second-order valence-electron chi connectivity index (χ2n) is 6.54. The lowest BCUT2D eigenvalue weighted by Gasteiger charge is -2.23. The first-order chi connectivity index (χ1) is 12.4. The van der Waals surface area contributed by atoms with Gasteiger partial charge in [-0.3, -0.25) is 4.98 Å². The lowest BCUT2D eigenvalue weighted by atomic mass is 9.95. The Balaban J connectivity index is 1.72. The molecule has 1 fully saturated rings. The average molecular weight is 330 g/mol. The molecule has 0 radical (unpaired) electrons. The molecule has 1 aliphatic rings. The van der Waals surface area contributed by atoms with Crippen molar-refractivity contribution in [2.75, 3.05) is 5.32 Å². The van der Waals surface area contributed by atoms with Crippen LogP contribution in [0.3, 0.4) is 0 Å². The van der Waals surface area contributed by atoms with Gasteiger partial charge in [0, 0.05) is 35.6 Å².